The molecule has 0 atom stereocenters. The number of rotatable bonds is 4. The van der Waals surface area contributed by atoms with Gasteiger partial charge in [0.1, 0.15) is 11.5 Å². The first-order valence-electron chi connectivity index (χ1n) is 8.40. The number of benzene rings is 2. The fraction of sp³-hybridized carbons (Fsp3) is 0.316. The summed E-state index contributed by atoms with van der Waals surface area (Å²) in [7, 11) is 1.61. The minimum atomic E-state index is -4.75. The molecule has 1 saturated heterocycles. The Hall–Kier alpha value is -2.90. The van der Waals surface area contributed by atoms with Gasteiger partial charge in [0.05, 0.1) is 7.11 Å². The van der Waals surface area contributed by atoms with E-state index < -0.39 is 6.36 Å². The summed E-state index contributed by atoms with van der Waals surface area (Å²) >= 11 is 0. The number of carbonyl (C=O) groups is 1. The van der Waals surface area contributed by atoms with Crippen LogP contribution < -0.4 is 14.4 Å². The number of nitrogens with zero attached hydrogens (tertiary/aromatic N) is 2. The molecule has 8 heteroatoms. The van der Waals surface area contributed by atoms with Crippen LogP contribution in [0.15, 0.2) is 48.5 Å². The number of hydrogen-bond acceptors (Lipinski definition) is 4. The second kappa shape index (κ2) is 7.77. The van der Waals surface area contributed by atoms with Crippen molar-refractivity contribution in [1.82, 2.24) is 4.90 Å². The Morgan fingerprint density at radius 3 is 2.22 bits per heavy atom. The maximum Gasteiger partial charge on any atom is 0.573 e. The van der Waals surface area contributed by atoms with Gasteiger partial charge in [-0.05, 0) is 36.4 Å². The summed E-state index contributed by atoms with van der Waals surface area (Å²) in [5.41, 5.74) is 1.36. The third kappa shape index (κ3) is 4.84. The summed E-state index contributed by atoms with van der Waals surface area (Å²) in [4.78, 5) is 16.4. The van der Waals surface area contributed by atoms with E-state index in [1.807, 2.05) is 24.3 Å². The van der Waals surface area contributed by atoms with Gasteiger partial charge < -0.3 is 19.3 Å². The van der Waals surface area contributed by atoms with Crippen molar-refractivity contribution < 1.29 is 27.4 Å². The number of hydrogen-bond donors (Lipinski definition) is 0. The molecule has 0 aromatic heterocycles. The molecule has 1 aliphatic heterocycles. The molecular formula is C19H19F3N2O3. The van der Waals surface area contributed by atoms with E-state index in [2.05, 4.69) is 9.64 Å². The summed E-state index contributed by atoms with van der Waals surface area (Å²) in [6, 6.07) is 12.7. The van der Waals surface area contributed by atoms with E-state index in [1.54, 1.807) is 12.0 Å². The highest BCUT2D eigenvalue weighted by Gasteiger charge is 2.31. The maximum absolute atomic E-state index is 12.6. The topological polar surface area (TPSA) is 42.0 Å². The Morgan fingerprint density at radius 2 is 1.63 bits per heavy atom. The smallest absolute Gasteiger partial charge is 0.497 e. The lowest BCUT2D eigenvalue weighted by molar-refractivity contribution is -0.274. The Balaban J connectivity index is 1.59. The fourth-order valence-electron chi connectivity index (χ4n) is 2.96. The van der Waals surface area contributed by atoms with Gasteiger partial charge in [-0.25, -0.2) is 0 Å². The van der Waals surface area contributed by atoms with Crippen molar-refractivity contribution in [2.75, 3.05) is 38.2 Å². The van der Waals surface area contributed by atoms with Crippen molar-refractivity contribution in [3.05, 3.63) is 54.1 Å². The summed E-state index contributed by atoms with van der Waals surface area (Å²) in [6.07, 6.45) is -4.75. The van der Waals surface area contributed by atoms with Gasteiger partial charge in [0, 0.05) is 43.5 Å². The number of methoxy groups -OCH3 is 1. The third-order valence-corrected chi connectivity index (χ3v) is 4.32. The Kier molecular flexibility index (Phi) is 5.43. The molecule has 1 fully saturated rings. The van der Waals surface area contributed by atoms with Crippen molar-refractivity contribution in [2.24, 2.45) is 0 Å². The first-order valence-corrected chi connectivity index (χ1v) is 8.40. The Bertz CT molecular complexity index is 786. The van der Waals surface area contributed by atoms with E-state index >= 15 is 0 Å². The largest absolute Gasteiger partial charge is 0.573 e. The minimum absolute atomic E-state index is 0.209. The van der Waals surface area contributed by atoms with Gasteiger partial charge in [0.25, 0.3) is 5.91 Å². The second-order valence-electron chi connectivity index (χ2n) is 6.05. The number of halogens is 3. The molecule has 2 aromatic rings. The first-order chi connectivity index (χ1) is 12.9. The van der Waals surface area contributed by atoms with Crippen LogP contribution in [0.1, 0.15) is 10.4 Å². The summed E-state index contributed by atoms with van der Waals surface area (Å²) < 4.78 is 45.7. The monoisotopic (exact) mass is 380 g/mol. The predicted octanol–water partition coefficient (Wildman–Crippen LogP) is 3.56. The van der Waals surface area contributed by atoms with Crippen LogP contribution in [-0.4, -0.2) is 50.5 Å². The van der Waals surface area contributed by atoms with Crippen molar-refractivity contribution in [3.8, 4) is 11.5 Å². The van der Waals surface area contributed by atoms with E-state index in [0.717, 1.165) is 23.6 Å². The minimum Gasteiger partial charge on any atom is -0.497 e. The highest BCUT2D eigenvalue weighted by molar-refractivity contribution is 5.94. The number of alkyl halides is 3. The molecule has 144 valence electrons. The molecule has 1 aliphatic rings. The quantitative estimate of drug-likeness (QED) is 0.814. The molecule has 0 spiro atoms. The van der Waals surface area contributed by atoms with Crippen LogP contribution in [-0.2, 0) is 0 Å². The van der Waals surface area contributed by atoms with Gasteiger partial charge in [-0.1, -0.05) is 6.07 Å². The van der Waals surface area contributed by atoms with Crippen LogP contribution in [0.25, 0.3) is 0 Å². The molecule has 3 rings (SSSR count). The zero-order valence-corrected chi connectivity index (χ0v) is 14.7. The van der Waals surface area contributed by atoms with Crippen LogP contribution in [0.2, 0.25) is 0 Å². The van der Waals surface area contributed by atoms with E-state index in [4.69, 9.17) is 4.74 Å². The molecule has 0 radical (unpaired) electrons. The molecule has 0 unspecified atom stereocenters. The van der Waals surface area contributed by atoms with Crippen LogP contribution in [0.5, 0.6) is 11.5 Å². The fourth-order valence-corrected chi connectivity index (χ4v) is 2.96. The summed E-state index contributed by atoms with van der Waals surface area (Å²) in [5.74, 6) is 0.216. The molecule has 27 heavy (non-hydrogen) atoms. The molecule has 1 amide bonds. The van der Waals surface area contributed by atoms with Crippen LogP contribution >= 0.6 is 0 Å². The van der Waals surface area contributed by atoms with Crippen LogP contribution in [0.4, 0.5) is 18.9 Å². The molecule has 2 aromatic carbocycles. The number of carbonyl (C=O) groups excluding carboxylic acids is 1. The number of piperazine rings is 1. The van der Waals surface area contributed by atoms with Gasteiger partial charge in [0.2, 0.25) is 0 Å². The molecule has 0 bridgehead atoms. The average Bonchev–Trinajstić information content (AvgIpc) is 2.67. The lowest BCUT2D eigenvalue weighted by Gasteiger charge is -2.36. The molecule has 0 saturated carbocycles. The average molecular weight is 380 g/mol. The van der Waals surface area contributed by atoms with E-state index in [0.29, 0.717) is 31.7 Å². The maximum atomic E-state index is 12.6. The normalized spacial score (nSPS) is 14.8. The zero-order chi connectivity index (χ0) is 19.4. The molecule has 1 heterocycles. The number of ether oxygens (including phenoxy) is 2. The molecule has 0 aliphatic carbocycles. The predicted molar refractivity (Wildman–Crippen MR) is 94.2 cm³/mol. The van der Waals surface area contributed by atoms with Gasteiger partial charge in [0.15, 0.2) is 0 Å². The summed E-state index contributed by atoms with van der Waals surface area (Å²) in [5, 5.41) is 0. The highest BCUT2D eigenvalue weighted by atomic mass is 19.4. The Labute approximate surface area is 154 Å². The van der Waals surface area contributed by atoms with Gasteiger partial charge in [-0.2, -0.15) is 0 Å². The standard InChI is InChI=1S/C19H19F3N2O3/c1-26-17-4-2-3-15(13-17)23-9-11-24(12-10-23)18(25)14-5-7-16(8-6-14)27-19(20,21)22/h2-8,13H,9-12H2,1H3. The first kappa shape index (κ1) is 18.9. The van der Waals surface area contributed by atoms with Crippen molar-refractivity contribution in [2.45, 2.75) is 6.36 Å². The third-order valence-electron chi connectivity index (χ3n) is 4.32. The lowest BCUT2D eigenvalue weighted by Crippen LogP contribution is -2.48. The van der Waals surface area contributed by atoms with Crippen LogP contribution in [0, 0.1) is 0 Å². The molecule has 0 N–H and O–H groups in total. The van der Waals surface area contributed by atoms with E-state index in [-0.39, 0.29) is 11.7 Å². The van der Waals surface area contributed by atoms with Gasteiger partial charge >= 0.3 is 6.36 Å². The number of amides is 1. The highest BCUT2D eigenvalue weighted by Crippen LogP contribution is 2.24. The van der Waals surface area contributed by atoms with Gasteiger partial charge in [-0.15, -0.1) is 13.2 Å². The van der Waals surface area contributed by atoms with Crippen LogP contribution in [0.3, 0.4) is 0 Å². The second-order valence-corrected chi connectivity index (χ2v) is 6.05. The van der Waals surface area contributed by atoms with Gasteiger partial charge in [-0.3, -0.25) is 4.79 Å². The van der Waals surface area contributed by atoms with Crippen molar-refractivity contribution in [1.29, 1.82) is 0 Å². The Morgan fingerprint density at radius 1 is 0.963 bits per heavy atom. The molecule has 5 nitrogen and oxygen atoms in total. The SMILES string of the molecule is COc1cccc(N2CCN(C(=O)c3ccc(OC(F)(F)F)cc3)CC2)c1. The van der Waals surface area contributed by atoms with Crippen molar-refractivity contribution >= 4 is 11.6 Å². The van der Waals surface area contributed by atoms with Crippen molar-refractivity contribution in [3.63, 3.8) is 0 Å². The van der Waals surface area contributed by atoms with E-state index in [9.17, 15) is 18.0 Å². The van der Waals surface area contributed by atoms with E-state index in [1.165, 1.54) is 12.1 Å². The number of anilines is 1. The molecular weight excluding hydrogens is 361 g/mol. The lowest BCUT2D eigenvalue weighted by atomic mass is 10.1. The summed E-state index contributed by atoms with van der Waals surface area (Å²) in [6.45, 7) is 2.37. The zero-order valence-electron chi connectivity index (χ0n) is 14.7.